The highest BCUT2D eigenvalue weighted by molar-refractivity contribution is 6.30. The number of nitrogens with zero attached hydrogens (tertiary/aromatic N) is 3. The lowest BCUT2D eigenvalue weighted by Gasteiger charge is -2.26. The van der Waals surface area contributed by atoms with E-state index >= 15 is 0 Å². The van der Waals surface area contributed by atoms with E-state index in [0.29, 0.717) is 39.6 Å². The predicted molar refractivity (Wildman–Crippen MR) is 163 cm³/mol. The number of rotatable bonds is 10. The number of hydrogen-bond donors (Lipinski definition) is 1. The van der Waals surface area contributed by atoms with Crippen LogP contribution in [0.5, 0.6) is 5.75 Å². The highest BCUT2D eigenvalue weighted by Crippen LogP contribution is 2.38. The van der Waals surface area contributed by atoms with Crippen molar-refractivity contribution in [3.05, 3.63) is 100 Å². The lowest BCUT2D eigenvalue weighted by molar-refractivity contribution is -0.146. The number of Topliss-reactive ketones (excluding diaryl/α,β-unsaturated/α-hetero) is 1. The lowest BCUT2D eigenvalue weighted by atomic mass is 9.78. The molecule has 1 N–H and O–H groups in total. The number of para-hydroxylation sites is 1. The van der Waals surface area contributed by atoms with E-state index in [9.17, 15) is 14.7 Å². The van der Waals surface area contributed by atoms with Gasteiger partial charge in [0.05, 0.1) is 22.8 Å². The van der Waals surface area contributed by atoms with Crippen LogP contribution in [0.4, 0.5) is 0 Å². The first-order valence-electron chi connectivity index (χ1n) is 14.2. The van der Waals surface area contributed by atoms with E-state index in [0.717, 1.165) is 41.4 Å². The molecule has 1 aliphatic carbocycles. The van der Waals surface area contributed by atoms with Gasteiger partial charge < -0.3 is 14.4 Å². The van der Waals surface area contributed by atoms with Crippen LogP contribution in [0.3, 0.4) is 0 Å². The monoisotopic (exact) mass is 581 g/mol. The molecule has 3 heterocycles. The Balaban J connectivity index is 1.44. The third-order valence-corrected chi connectivity index (χ3v) is 8.44. The van der Waals surface area contributed by atoms with Crippen molar-refractivity contribution in [1.82, 2.24) is 14.5 Å². The molecule has 6 rings (SSSR count). The van der Waals surface area contributed by atoms with Crippen molar-refractivity contribution in [3.63, 3.8) is 0 Å². The van der Waals surface area contributed by atoms with Crippen LogP contribution >= 0.6 is 11.6 Å². The van der Waals surface area contributed by atoms with Gasteiger partial charge in [-0.1, -0.05) is 54.4 Å². The molecule has 42 heavy (non-hydrogen) atoms. The van der Waals surface area contributed by atoms with Crippen molar-refractivity contribution in [2.75, 3.05) is 0 Å². The summed E-state index contributed by atoms with van der Waals surface area (Å²) in [5, 5.41) is 12.4. The Hall–Kier alpha value is -4.23. The van der Waals surface area contributed by atoms with E-state index in [1.807, 2.05) is 71.3 Å². The quantitative estimate of drug-likeness (QED) is 0.172. The first-order chi connectivity index (χ1) is 20.2. The van der Waals surface area contributed by atoms with Gasteiger partial charge in [-0.25, -0.2) is 9.97 Å². The molecule has 0 atom stereocenters. The van der Waals surface area contributed by atoms with Gasteiger partial charge in [0.25, 0.3) is 0 Å². The molecule has 1 saturated carbocycles. The number of carboxylic acids is 1. The number of hydrogen-bond acceptors (Lipinski definition) is 5. The Kier molecular flexibility index (Phi) is 7.45. The van der Waals surface area contributed by atoms with Gasteiger partial charge in [0, 0.05) is 45.9 Å². The Labute approximate surface area is 249 Å². The molecular weight excluding hydrogens is 550 g/mol. The predicted octanol–water partition coefficient (Wildman–Crippen LogP) is 7.50. The molecule has 8 heteroatoms. The fourth-order valence-electron chi connectivity index (χ4n) is 5.45. The van der Waals surface area contributed by atoms with Crippen LogP contribution < -0.4 is 4.74 Å². The van der Waals surface area contributed by atoms with Gasteiger partial charge in [-0.15, -0.1) is 0 Å². The summed E-state index contributed by atoms with van der Waals surface area (Å²) in [7, 11) is 0. The maximum atomic E-state index is 14.0. The second-order valence-electron chi connectivity index (χ2n) is 11.7. The van der Waals surface area contributed by atoms with E-state index in [-0.39, 0.29) is 24.7 Å². The van der Waals surface area contributed by atoms with Gasteiger partial charge >= 0.3 is 5.97 Å². The maximum Gasteiger partial charge on any atom is 0.309 e. The third kappa shape index (κ3) is 5.49. The molecule has 0 aliphatic heterocycles. The molecule has 5 aromatic rings. The minimum Gasteiger partial charge on any atom is -0.486 e. The van der Waals surface area contributed by atoms with Crippen molar-refractivity contribution in [2.24, 2.45) is 11.3 Å². The van der Waals surface area contributed by atoms with E-state index in [2.05, 4.69) is 0 Å². The normalized spacial score (nSPS) is 13.8. The average molecular weight is 582 g/mol. The Morgan fingerprint density at radius 3 is 2.55 bits per heavy atom. The molecule has 0 spiro atoms. The summed E-state index contributed by atoms with van der Waals surface area (Å²) in [5.41, 5.74) is 3.42. The van der Waals surface area contributed by atoms with Crippen LogP contribution in [0.15, 0.2) is 72.9 Å². The number of ketones is 1. The van der Waals surface area contributed by atoms with E-state index in [1.54, 1.807) is 20.0 Å². The molecule has 0 amide bonds. The molecule has 0 unspecified atom stereocenters. The fourth-order valence-corrected chi connectivity index (χ4v) is 5.58. The highest BCUT2D eigenvalue weighted by Gasteiger charge is 2.36. The number of benzene rings is 2. The summed E-state index contributed by atoms with van der Waals surface area (Å²) < 4.78 is 8.14. The Morgan fingerprint density at radius 2 is 1.83 bits per heavy atom. The minimum atomic E-state index is -1.10. The van der Waals surface area contributed by atoms with E-state index in [4.69, 9.17) is 26.3 Å². The van der Waals surface area contributed by atoms with Crippen LogP contribution in [0, 0.1) is 11.3 Å². The van der Waals surface area contributed by atoms with Crippen molar-refractivity contribution in [2.45, 2.75) is 52.7 Å². The molecule has 0 bridgehead atoms. The van der Waals surface area contributed by atoms with Crippen LogP contribution in [-0.2, 0) is 24.4 Å². The number of fused-ring (bicyclic) bond motifs is 2. The topological polar surface area (TPSA) is 94.3 Å². The van der Waals surface area contributed by atoms with Crippen molar-refractivity contribution >= 4 is 45.3 Å². The summed E-state index contributed by atoms with van der Waals surface area (Å²) in [6.45, 7) is 4.05. The number of ether oxygens (including phenoxy) is 1. The zero-order valence-electron chi connectivity index (χ0n) is 23.6. The second kappa shape index (κ2) is 11.2. The van der Waals surface area contributed by atoms with Crippen LogP contribution in [0.2, 0.25) is 5.02 Å². The summed E-state index contributed by atoms with van der Waals surface area (Å²) in [5.74, 6) is -0.425. The maximum absolute atomic E-state index is 14.0. The van der Waals surface area contributed by atoms with E-state index < -0.39 is 11.4 Å². The Morgan fingerprint density at radius 1 is 1.07 bits per heavy atom. The molecule has 214 valence electrons. The molecule has 3 aromatic heterocycles. The molecule has 1 fully saturated rings. The number of halogens is 1. The van der Waals surface area contributed by atoms with Gasteiger partial charge in [-0.05, 0) is 62.6 Å². The fraction of sp³-hybridized carbons (Fsp3) is 0.294. The van der Waals surface area contributed by atoms with Crippen LogP contribution in [0.25, 0.3) is 21.9 Å². The number of carbonyl (C=O) groups is 2. The molecule has 0 radical (unpaired) electrons. The Bertz CT molecular complexity index is 1810. The van der Waals surface area contributed by atoms with Crippen LogP contribution in [-0.4, -0.2) is 31.4 Å². The van der Waals surface area contributed by atoms with Gasteiger partial charge in [-0.3, -0.25) is 9.59 Å². The molecule has 0 saturated heterocycles. The summed E-state index contributed by atoms with van der Waals surface area (Å²) in [4.78, 5) is 35.7. The third-order valence-electron chi connectivity index (χ3n) is 8.19. The minimum absolute atomic E-state index is 0.0486. The largest absolute Gasteiger partial charge is 0.486 e. The number of aromatic nitrogens is 3. The number of pyridine rings is 2. The van der Waals surface area contributed by atoms with Crippen molar-refractivity contribution in [3.8, 4) is 5.75 Å². The summed E-state index contributed by atoms with van der Waals surface area (Å²) in [6, 6.07) is 21.3. The van der Waals surface area contributed by atoms with Crippen molar-refractivity contribution < 1.29 is 19.4 Å². The standard InChI is InChI=1S/C34H32ClN3O4/c1-34(2,33(40)41)17-29-30(31(39)23-7-5-8-23)27-16-26(42-20-25-15-12-22-6-3-4-9-28(22)37-25)18-36-32(27)38(29)19-21-10-13-24(35)14-11-21/h3-4,6,9-16,18,23H,5,7-8,17,19-20H2,1-2H3,(H,40,41). The van der Waals surface area contributed by atoms with Gasteiger partial charge in [0.1, 0.15) is 18.0 Å². The molecule has 1 aliphatic rings. The average Bonchev–Trinajstić information content (AvgIpc) is 3.23. The lowest BCUT2D eigenvalue weighted by Crippen LogP contribution is -2.29. The molecule has 7 nitrogen and oxygen atoms in total. The first kappa shape index (κ1) is 27.9. The first-order valence-corrected chi connectivity index (χ1v) is 14.6. The molecule has 2 aromatic carbocycles. The zero-order chi connectivity index (χ0) is 29.4. The second-order valence-corrected chi connectivity index (χ2v) is 12.2. The van der Waals surface area contributed by atoms with E-state index in [1.165, 1.54) is 0 Å². The number of aliphatic carboxylic acids is 1. The molecular formula is C34H32ClN3O4. The van der Waals surface area contributed by atoms with Gasteiger partial charge in [0.2, 0.25) is 0 Å². The van der Waals surface area contributed by atoms with Gasteiger partial charge in [-0.2, -0.15) is 0 Å². The summed E-state index contributed by atoms with van der Waals surface area (Å²) in [6.07, 6.45) is 4.52. The zero-order valence-corrected chi connectivity index (χ0v) is 24.4. The highest BCUT2D eigenvalue weighted by atomic mass is 35.5. The number of carboxylic acid groups (broad SMARTS) is 1. The van der Waals surface area contributed by atoms with Gasteiger partial charge in [0.15, 0.2) is 5.78 Å². The smallest absolute Gasteiger partial charge is 0.309 e. The number of carbonyl (C=O) groups excluding carboxylic acids is 1. The van der Waals surface area contributed by atoms with Crippen molar-refractivity contribution in [1.29, 1.82) is 0 Å². The van der Waals surface area contributed by atoms with Crippen LogP contribution in [0.1, 0.15) is 60.4 Å². The SMILES string of the molecule is CC(C)(Cc1c(C(=O)C2CCC2)c2cc(OCc3ccc4ccccc4n3)cnc2n1Cc1ccc(Cl)cc1)C(=O)O. The summed E-state index contributed by atoms with van der Waals surface area (Å²) >= 11 is 6.14.